The van der Waals surface area contributed by atoms with Gasteiger partial charge in [0.25, 0.3) is 0 Å². The van der Waals surface area contributed by atoms with Crippen LogP contribution in [0.25, 0.3) is 11.0 Å². The van der Waals surface area contributed by atoms with Crippen LogP contribution >= 0.6 is 0 Å². The lowest BCUT2D eigenvalue weighted by Crippen LogP contribution is -2.47. The van der Waals surface area contributed by atoms with Crippen LogP contribution in [0.3, 0.4) is 0 Å². The van der Waals surface area contributed by atoms with Crippen molar-refractivity contribution < 1.29 is 23.1 Å². The SMILES string of the molecule is NC(=O)CN1CC[C@H](Cn2ccc3c(N(Cc4ccc(C(F)(F)F)cc4)C4CC4)ncnc32)[C@@H](O)C1. The molecule has 0 radical (unpaired) electrons. The van der Waals surface area contributed by atoms with Gasteiger partial charge in [-0.3, -0.25) is 9.69 Å². The summed E-state index contributed by atoms with van der Waals surface area (Å²) < 4.78 is 40.9. The Hall–Kier alpha value is -3.18. The van der Waals surface area contributed by atoms with Gasteiger partial charge in [0.15, 0.2) is 0 Å². The number of hydrogen-bond donors (Lipinski definition) is 2. The molecule has 0 spiro atoms. The van der Waals surface area contributed by atoms with E-state index in [2.05, 4.69) is 14.9 Å². The fraction of sp³-hybridized carbons (Fsp3) is 0.480. The monoisotopic (exact) mass is 502 g/mol. The number of fused-ring (bicyclic) bond motifs is 1. The molecule has 5 rings (SSSR count). The molecule has 2 fully saturated rings. The molecule has 1 saturated heterocycles. The number of carbonyl (C=O) groups excluding carboxylic acids is 1. The maximum Gasteiger partial charge on any atom is 0.416 e. The number of nitrogens with two attached hydrogens (primary N) is 1. The molecule has 1 aliphatic carbocycles. The second-order valence-corrected chi connectivity index (χ2v) is 9.77. The highest BCUT2D eigenvalue weighted by molar-refractivity contribution is 5.88. The third-order valence-electron chi connectivity index (χ3n) is 7.05. The molecule has 2 aliphatic rings. The van der Waals surface area contributed by atoms with Gasteiger partial charge in [0.1, 0.15) is 17.8 Å². The predicted octanol–water partition coefficient (Wildman–Crippen LogP) is 2.79. The number of primary amides is 1. The fourth-order valence-corrected chi connectivity index (χ4v) is 5.00. The lowest BCUT2D eigenvalue weighted by atomic mass is 9.93. The van der Waals surface area contributed by atoms with Crippen LogP contribution in [0, 0.1) is 5.92 Å². The van der Waals surface area contributed by atoms with Crippen LogP contribution < -0.4 is 10.6 Å². The molecular weight excluding hydrogens is 473 g/mol. The summed E-state index contributed by atoms with van der Waals surface area (Å²) in [5.74, 6) is 0.366. The normalized spacial score (nSPS) is 21.1. The Morgan fingerprint density at radius 3 is 2.53 bits per heavy atom. The second kappa shape index (κ2) is 9.70. The Labute approximate surface area is 206 Å². The number of β-amino-alcohol motifs (C(OH)–C–C–N with tert-alkyl or cyclic N) is 1. The summed E-state index contributed by atoms with van der Waals surface area (Å²) in [4.78, 5) is 24.3. The van der Waals surface area contributed by atoms with Crippen LogP contribution in [0.2, 0.25) is 0 Å². The van der Waals surface area contributed by atoms with E-state index in [4.69, 9.17) is 5.73 Å². The van der Waals surface area contributed by atoms with Crippen molar-refractivity contribution in [2.24, 2.45) is 11.7 Å². The van der Waals surface area contributed by atoms with Gasteiger partial charge in [-0.05, 0) is 49.6 Å². The van der Waals surface area contributed by atoms with Crippen molar-refractivity contribution in [2.75, 3.05) is 24.5 Å². The summed E-state index contributed by atoms with van der Waals surface area (Å²) in [5.41, 5.74) is 6.16. The Morgan fingerprint density at radius 1 is 1.14 bits per heavy atom. The van der Waals surface area contributed by atoms with E-state index in [9.17, 15) is 23.1 Å². The number of alkyl halides is 3. The molecule has 8 nitrogen and oxygen atoms in total. The van der Waals surface area contributed by atoms with E-state index in [-0.39, 0.29) is 18.5 Å². The quantitative estimate of drug-likeness (QED) is 0.492. The minimum atomic E-state index is -4.36. The molecule has 1 aliphatic heterocycles. The molecule has 11 heteroatoms. The Kier molecular flexibility index (Phi) is 6.60. The smallest absolute Gasteiger partial charge is 0.391 e. The summed E-state index contributed by atoms with van der Waals surface area (Å²) in [5, 5.41) is 11.5. The number of rotatable bonds is 8. The number of hydrogen-bond acceptors (Lipinski definition) is 6. The molecule has 192 valence electrons. The maximum absolute atomic E-state index is 13.0. The van der Waals surface area contributed by atoms with Crippen LogP contribution in [-0.4, -0.2) is 62.2 Å². The standard InChI is InChI=1S/C25H29F3N6O2/c26-25(27,28)18-3-1-16(2-4-18)11-34(19-5-6-19)24-20-8-10-33(23(20)30-15-31-24)12-17-7-9-32(13-21(17)35)14-22(29)36/h1-4,8,10,15,17,19,21,35H,5-7,9,11-14H2,(H2,29,36)/t17-,21+/m1/s1. The maximum atomic E-state index is 13.0. The van der Waals surface area contributed by atoms with Crippen molar-refractivity contribution in [2.45, 2.75) is 50.7 Å². The minimum Gasteiger partial charge on any atom is -0.391 e. The van der Waals surface area contributed by atoms with E-state index >= 15 is 0 Å². The first kappa shape index (κ1) is 24.5. The van der Waals surface area contributed by atoms with Gasteiger partial charge < -0.3 is 20.3 Å². The van der Waals surface area contributed by atoms with Crippen molar-refractivity contribution in [1.82, 2.24) is 19.4 Å². The summed E-state index contributed by atoms with van der Waals surface area (Å²) in [6.45, 7) is 2.26. The molecule has 1 amide bonds. The lowest BCUT2D eigenvalue weighted by molar-refractivity contribution is -0.137. The number of nitrogens with zero attached hydrogens (tertiary/aromatic N) is 5. The van der Waals surface area contributed by atoms with Gasteiger partial charge in [-0.1, -0.05) is 12.1 Å². The lowest BCUT2D eigenvalue weighted by Gasteiger charge is -2.35. The van der Waals surface area contributed by atoms with Crippen molar-refractivity contribution in [3.05, 3.63) is 54.0 Å². The molecule has 3 heterocycles. The van der Waals surface area contributed by atoms with E-state index in [1.54, 1.807) is 0 Å². The minimum absolute atomic E-state index is 0.00910. The average molecular weight is 503 g/mol. The zero-order valence-electron chi connectivity index (χ0n) is 19.7. The highest BCUT2D eigenvalue weighted by atomic mass is 19.4. The number of halogens is 3. The number of aromatic nitrogens is 3. The average Bonchev–Trinajstić information content (AvgIpc) is 3.59. The largest absolute Gasteiger partial charge is 0.416 e. The molecule has 1 saturated carbocycles. The number of amides is 1. The van der Waals surface area contributed by atoms with Crippen molar-refractivity contribution in [3.8, 4) is 0 Å². The van der Waals surface area contributed by atoms with E-state index in [0.717, 1.165) is 53.8 Å². The fourth-order valence-electron chi connectivity index (χ4n) is 5.00. The summed E-state index contributed by atoms with van der Waals surface area (Å²) in [6.07, 6.45) is 1.25. The first-order valence-electron chi connectivity index (χ1n) is 12.1. The highest BCUT2D eigenvalue weighted by Gasteiger charge is 2.33. The predicted molar refractivity (Wildman–Crippen MR) is 128 cm³/mol. The second-order valence-electron chi connectivity index (χ2n) is 9.77. The van der Waals surface area contributed by atoms with Gasteiger partial charge in [0.05, 0.1) is 23.6 Å². The number of carbonyl (C=O) groups is 1. The third-order valence-corrected chi connectivity index (χ3v) is 7.05. The van der Waals surface area contributed by atoms with Gasteiger partial charge in [0, 0.05) is 37.8 Å². The summed E-state index contributed by atoms with van der Waals surface area (Å²) in [7, 11) is 0. The van der Waals surface area contributed by atoms with E-state index in [1.165, 1.54) is 18.5 Å². The number of benzene rings is 1. The topological polar surface area (TPSA) is 101 Å². The molecular formula is C25H29F3N6O2. The van der Waals surface area contributed by atoms with Gasteiger partial charge >= 0.3 is 6.18 Å². The van der Waals surface area contributed by atoms with Gasteiger partial charge in [-0.15, -0.1) is 0 Å². The van der Waals surface area contributed by atoms with Crippen LogP contribution in [-0.2, 0) is 24.1 Å². The molecule has 1 aromatic carbocycles. The van der Waals surface area contributed by atoms with Gasteiger partial charge in [-0.25, -0.2) is 9.97 Å². The van der Waals surface area contributed by atoms with Crippen molar-refractivity contribution >= 4 is 22.8 Å². The molecule has 3 aromatic rings. The Morgan fingerprint density at radius 2 is 1.89 bits per heavy atom. The van der Waals surface area contributed by atoms with Crippen LogP contribution in [0.15, 0.2) is 42.9 Å². The number of aliphatic hydroxyl groups is 1. The van der Waals surface area contributed by atoms with Gasteiger partial charge in [-0.2, -0.15) is 13.2 Å². The molecule has 0 unspecified atom stereocenters. The van der Waals surface area contributed by atoms with Crippen LogP contribution in [0.1, 0.15) is 30.4 Å². The van der Waals surface area contributed by atoms with Crippen LogP contribution in [0.4, 0.5) is 19.0 Å². The van der Waals surface area contributed by atoms with Crippen molar-refractivity contribution in [3.63, 3.8) is 0 Å². The number of likely N-dealkylation sites (tertiary alicyclic amines) is 1. The van der Waals surface area contributed by atoms with E-state index < -0.39 is 23.8 Å². The molecule has 3 N–H and O–H groups in total. The highest BCUT2D eigenvalue weighted by Crippen LogP contribution is 2.36. The summed E-state index contributed by atoms with van der Waals surface area (Å²) >= 11 is 0. The first-order chi connectivity index (χ1) is 17.2. The third kappa shape index (κ3) is 5.31. The molecule has 2 aromatic heterocycles. The molecule has 36 heavy (non-hydrogen) atoms. The molecule has 2 atom stereocenters. The Balaban J connectivity index is 1.34. The number of anilines is 1. The first-order valence-corrected chi connectivity index (χ1v) is 12.1. The zero-order chi connectivity index (χ0) is 25.4. The summed E-state index contributed by atoms with van der Waals surface area (Å²) in [6, 6.07) is 7.52. The number of piperidine rings is 1. The zero-order valence-corrected chi connectivity index (χ0v) is 19.7. The van der Waals surface area contributed by atoms with Crippen molar-refractivity contribution in [1.29, 1.82) is 0 Å². The number of aliphatic hydroxyl groups excluding tert-OH is 1. The Bertz CT molecular complexity index is 1220. The van der Waals surface area contributed by atoms with E-state index in [1.807, 2.05) is 21.7 Å². The van der Waals surface area contributed by atoms with E-state index in [0.29, 0.717) is 26.2 Å². The van der Waals surface area contributed by atoms with Crippen LogP contribution in [0.5, 0.6) is 0 Å². The molecule has 0 bridgehead atoms. The van der Waals surface area contributed by atoms with Gasteiger partial charge in [0.2, 0.25) is 5.91 Å².